The average Bonchev–Trinajstić information content (AvgIpc) is 2.83. The third-order valence-corrected chi connectivity index (χ3v) is 6.00. The van der Waals surface area contributed by atoms with E-state index in [2.05, 4.69) is 9.97 Å². The minimum absolute atomic E-state index is 0.0511. The molecule has 2 heterocycles. The van der Waals surface area contributed by atoms with Gasteiger partial charge in [0.15, 0.2) is 0 Å². The number of aryl methyl sites for hydroxylation is 2. The first kappa shape index (κ1) is 17.3. The molecule has 0 unspecified atom stereocenters. The van der Waals surface area contributed by atoms with E-state index in [9.17, 15) is 4.79 Å². The molecular weight excluding hydrogens is 364 g/mol. The number of hydrogen-bond donors (Lipinski definition) is 1. The Kier molecular flexibility index (Phi) is 5.48. The topological polar surface area (TPSA) is 55.0 Å². The van der Waals surface area contributed by atoms with Crippen LogP contribution in [0.1, 0.15) is 16.3 Å². The van der Waals surface area contributed by atoms with Gasteiger partial charge in [-0.05, 0) is 31.5 Å². The molecule has 24 heavy (non-hydrogen) atoms. The van der Waals surface area contributed by atoms with Crippen molar-refractivity contribution < 1.29 is 4.74 Å². The Morgan fingerprint density at radius 3 is 2.92 bits per heavy atom. The lowest BCUT2D eigenvalue weighted by Crippen LogP contribution is -2.11. The van der Waals surface area contributed by atoms with Crippen molar-refractivity contribution in [2.75, 3.05) is 12.4 Å². The second-order valence-corrected chi connectivity index (χ2v) is 8.02. The van der Waals surface area contributed by atoms with Crippen LogP contribution in [0.15, 0.2) is 29.1 Å². The van der Waals surface area contributed by atoms with Crippen LogP contribution in [-0.2, 0) is 5.75 Å². The number of halogens is 1. The van der Waals surface area contributed by atoms with Crippen molar-refractivity contribution in [3.63, 3.8) is 0 Å². The molecule has 0 saturated heterocycles. The fourth-order valence-electron chi connectivity index (χ4n) is 2.31. The molecule has 126 valence electrons. The number of thioether (sulfide) groups is 1. The predicted octanol–water partition coefficient (Wildman–Crippen LogP) is 4.57. The summed E-state index contributed by atoms with van der Waals surface area (Å²) in [5.41, 5.74) is 0.973. The number of benzene rings is 1. The molecule has 0 spiro atoms. The van der Waals surface area contributed by atoms with E-state index < -0.39 is 0 Å². The van der Waals surface area contributed by atoms with Gasteiger partial charge >= 0.3 is 0 Å². The number of para-hydroxylation sites is 1. The Morgan fingerprint density at radius 1 is 1.33 bits per heavy atom. The summed E-state index contributed by atoms with van der Waals surface area (Å²) in [6, 6.07) is 7.42. The molecule has 4 nitrogen and oxygen atoms in total. The van der Waals surface area contributed by atoms with Gasteiger partial charge in [0, 0.05) is 10.6 Å². The molecule has 7 heteroatoms. The van der Waals surface area contributed by atoms with Crippen molar-refractivity contribution >= 4 is 44.9 Å². The van der Waals surface area contributed by atoms with E-state index in [0.717, 1.165) is 21.0 Å². The van der Waals surface area contributed by atoms with Crippen LogP contribution in [0.2, 0.25) is 5.02 Å². The highest BCUT2D eigenvalue weighted by molar-refractivity contribution is 7.98. The van der Waals surface area contributed by atoms with E-state index in [0.29, 0.717) is 34.3 Å². The summed E-state index contributed by atoms with van der Waals surface area (Å²) in [6.45, 7) is 4.53. The van der Waals surface area contributed by atoms with Gasteiger partial charge in [-0.2, -0.15) is 11.8 Å². The zero-order valence-corrected chi connectivity index (χ0v) is 15.8. The number of rotatable bonds is 6. The molecule has 2 aromatic heterocycles. The Hall–Kier alpha value is -1.50. The summed E-state index contributed by atoms with van der Waals surface area (Å²) >= 11 is 9.27. The molecule has 0 saturated carbocycles. The van der Waals surface area contributed by atoms with Crippen molar-refractivity contribution in [3.05, 3.63) is 55.9 Å². The molecular formula is C17H17ClN2O2S2. The second-order valence-electron chi connectivity index (χ2n) is 5.31. The number of H-pyrrole nitrogens is 1. The minimum Gasteiger partial charge on any atom is -0.491 e. The van der Waals surface area contributed by atoms with E-state index >= 15 is 0 Å². The van der Waals surface area contributed by atoms with Crippen LogP contribution in [0, 0.1) is 13.8 Å². The predicted molar refractivity (Wildman–Crippen MR) is 103 cm³/mol. The standard InChI is InChI=1S/C17H17ClN2O2S2/c1-10-11(2)24-17-15(10)16(21)19-14(20-17)9-23-8-7-22-13-6-4-3-5-12(13)18/h3-6H,7-9H2,1-2H3,(H,19,20,21). The summed E-state index contributed by atoms with van der Waals surface area (Å²) in [4.78, 5) is 21.6. The van der Waals surface area contributed by atoms with E-state index in [1.165, 1.54) is 0 Å². The highest BCUT2D eigenvalue weighted by Gasteiger charge is 2.11. The molecule has 0 atom stereocenters. The van der Waals surface area contributed by atoms with Gasteiger partial charge in [-0.3, -0.25) is 4.79 Å². The number of fused-ring (bicyclic) bond motifs is 1. The lowest BCUT2D eigenvalue weighted by atomic mass is 10.2. The molecule has 0 aliphatic rings. The van der Waals surface area contributed by atoms with Crippen molar-refractivity contribution in [2.45, 2.75) is 19.6 Å². The number of hydrogen-bond acceptors (Lipinski definition) is 5. The van der Waals surface area contributed by atoms with Gasteiger partial charge < -0.3 is 9.72 Å². The third-order valence-electron chi connectivity index (χ3n) is 3.65. The van der Waals surface area contributed by atoms with Crippen molar-refractivity contribution in [1.29, 1.82) is 0 Å². The van der Waals surface area contributed by atoms with Gasteiger partial charge in [0.1, 0.15) is 16.4 Å². The zero-order valence-electron chi connectivity index (χ0n) is 13.4. The van der Waals surface area contributed by atoms with Gasteiger partial charge in [-0.15, -0.1) is 11.3 Å². The number of nitrogens with one attached hydrogen (secondary N) is 1. The first-order valence-electron chi connectivity index (χ1n) is 7.50. The van der Waals surface area contributed by atoms with Crippen LogP contribution in [-0.4, -0.2) is 22.3 Å². The van der Waals surface area contributed by atoms with E-state index in [-0.39, 0.29) is 5.56 Å². The molecule has 0 bridgehead atoms. The van der Waals surface area contributed by atoms with Crippen LogP contribution in [0.5, 0.6) is 5.75 Å². The van der Waals surface area contributed by atoms with E-state index in [4.69, 9.17) is 16.3 Å². The van der Waals surface area contributed by atoms with Crippen molar-refractivity contribution in [3.8, 4) is 5.75 Å². The quantitative estimate of drug-likeness (QED) is 0.636. The highest BCUT2D eigenvalue weighted by Crippen LogP contribution is 2.26. The minimum atomic E-state index is -0.0511. The summed E-state index contributed by atoms with van der Waals surface area (Å²) < 4.78 is 5.64. The lowest BCUT2D eigenvalue weighted by molar-refractivity contribution is 0.344. The number of thiophene rings is 1. The maximum atomic E-state index is 12.2. The van der Waals surface area contributed by atoms with Gasteiger partial charge in [-0.25, -0.2) is 4.98 Å². The molecule has 3 aromatic rings. The normalized spacial score (nSPS) is 11.1. The maximum absolute atomic E-state index is 12.2. The van der Waals surface area contributed by atoms with Crippen molar-refractivity contribution in [1.82, 2.24) is 9.97 Å². The SMILES string of the molecule is Cc1sc2nc(CSCCOc3ccccc3Cl)[nH]c(=O)c2c1C. The molecule has 3 rings (SSSR count). The van der Waals surface area contributed by atoms with Crippen LogP contribution >= 0.6 is 34.7 Å². The monoisotopic (exact) mass is 380 g/mol. The van der Waals surface area contributed by atoms with E-state index in [1.807, 2.05) is 32.0 Å². The maximum Gasteiger partial charge on any atom is 0.259 e. The molecule has 0 amide bonds. The summed E-state index contributed by atoms with van der Waals surface area (Å²) in [5, 5.41) is 1.33. The van der Waals surface area contributed by atoms with Crippen LogP contribution in [0.4, 0.5) is 0 Å². The Morgan fingerprint density at radius 2 is 2.12 bits per heavy atom. The Labute approximate surface area is 153 Å². The highest BCUT2D eigenvalue weighted by atomic mass is 35.5. The number of aromatic amines is 1. The second kappa shape index (κ2) is 7.59. The molecule has 0 radical (unpaired) electrons. The third kappa shape index (κ3) is 3.77. The van der Waals surface area contributed by atoms with Gasteiger partial charge in [-0.1, -0.05) is 23.7 Å². The molecule has 0 aliphatic heterocycles. The first-order chi connectivity index (χ1) is 11.6. The van der Waals surface area contributed by atoms with Crippen LogP contribution in [0.25, 0.3) is 10.2 Å². The summed E-state index contributed by atoms with van der Waals surface area (Å²) in [7, 11) is 0. The fraction of sp³-hybridized carbons (Fsp3) is 0.294. The Balaban J connectivity index is 1.56. The largest absolute Gasteiger partial charge is 0.491 e. The number of ether oxygens (including phenoxy) is 1. The number of aromatic nitrogens is 2. The summed E-state index contributed by atoms with van der Waals surface area (Å²) in [6.07, 6.45) is 0. The molecule has 1 N–H and O–H groups in total. The first-order valence-corrected chi connectivity index (χ1v) is 9.85. The van der Waals surface area contributed by atoms with E-state index in [1.54, 1.807) is 29.2 Å². The van der Waals surface area contributed by atoms with Gasteiger partial charge in [0.2, 0.25) is 0 Å². The average molecular weight is 381 g/mol. The Bertz CT molecular complexity index is 921. The molecule has 0 fully saturated rings. The molecule has 0 aliphatic carbocycles. The number of nitrogens with zero attached hydrogens (tertiary/aromatic N) is 1. The van der Waals surface area contributed by atoms with Crippen LogP contribution < -0.4 is 10.3 Å². The van der Waals surface area contributed by atoms with Crippen molar-refractivity contribution in [2.24, 2.45) is 0 Å². The summed E-state index contributed by atoms with van der Waals surface area (Å²) in [5.74, 6) is 2.83. The smallest absolute Gasteiger partial charge is 0.259 e. The lowest BCUT2D eigenvalue weighted by Gasteiger charge is -2.07. The zero-order chi connectivity index (χ0) is 17.1. The molecule has 1 aromatic carbocycles. The van der Waals surface area contributed by atoms with Gasteiger partial charge in [0.05, 0.1) is 22.8 Å². The fourth-order valence-corrected chi connectivity index (χ4v) is 4.22. The van der Waals surface area contributed by atoms with Gasteiger partial charge in [0.25, 0.3) is 5.56 Å². The van der Waals surface area contributed by atoms with Crippen LogP contribution in [0.3, 0.4) is 0 Å².